The molecular weight excluding hydrogens is 307 g/mol. The molecular formula is C17H15FN6. The number of nitrogens with zero attached hydrogens (tertiary/aromatic N) is 5. The van der Waals surface area contributed by atoms with Crippen molar-refractivity contribution in [1.29, 1.82) is 0 Å². The minimum absolute atomic E-state index is 0.348. The number of hydrogen-bond donors (Lipinski definition) is 1. The van der Waals surface area contributed by atoms with E-state index in [1.807, 2.05) is 36.7 Å². The standard InChI is InChI=1S/C17H15FN6/c18-14-6-2-1-5-13(14)17-21-20-16-8-7-15(22-24(16)17)19-9-12-23-10-3-4-11-23/h1-8,10-11H,9,12H2,(H,19,22). The molecule has 7 heteroatoms. The van der Waals surface area contributed by atoms with Crippen LogP contribution in [0.3, 0.4) is 0 Å². The van der Waals surface area contributed by atoms with Crippen molar-refractivity contribution >= 4 is 11.5 Å². The Hall–Kier alpha value is -3.22. The monoisotopic (exact) mass is 322 g/mol. The van der Waals surface area contributed by atoms with Gasteiger partial charge in [-0.15, -0.1) is 15.3 Å². The summed E-state index contributed by atoms with van der Waals surface area (Å²) in [6, 6.07) is 14.1. The van der Waals surface area contributed by atoms with Crippen molar-refractivity contribution in [2.45, 2.75) is 6.54 Å². The molecule has 0 aliphatic rings. The molecule has 0 bridgehead atoms. The number of benzene rings is 1. The molecule has 4 aromatic rings. The van der Waals surface area contributed by atoms with Gasteiger partial charge in [-0.05, 0) is 36.4 Å². The fourth-order valence-corrected chi connectivity index (χ4v) is 2.53. The maximum atomic E-state index is 14.0. The van der Waals surface area contributed by atoms with E-state index in [0.717, 1.165) is 13.1 Å². The molecule has 6 nitrogen and oxygen atoms in total. The SMILES string of the molecule is Fc1ccccc1-c1nnc2ccc(NCCn3cccc3)nn12. The Bertz CT molecular complexity index is 960. The second-order valence-electron chi connectivity index (χ2n) is 5.34. The van der Waals surface area contributed by atoms with E-state index in [1.165, 1.54) is 6.07 Å². The first-order chi connectivity index (χ1) is 11.8. The van der Waals surface area contributed by atoms with E-state index in [2.05, 4.69) is 25.2 Å². The zero-order valence-corrected chi connectivity index (χ0v) is 12.8. The molecule has 0 aliphatic carbocycles. The van der Waals surface area contributed by atoms with Gasteiger partial charge < -0.3 is 9.88 Å². The van der Waals surface area contributed by atoms with Gasteiger partial charge in [-0.3, -0.25) is 0 Å². The molecule has 0 aliphatic heterocycles. The van der Waals surface area contributed by atoms with E-state index < -0.39 is 0 Å². The van der Waals surface area contributed by atoms with E-state index in [0.29, 0.717) is 22.9 Å². The zero-order chi connectivity index (χ0) is 16.4. The van der Waals surface area contributed by atoms with Crippen LogP contribution in [0, 0.1) is 5.82 Å². The van der Waals surface area contributed by atoms with Crippen LogP contribution in [0.2, 0.25) is 0 Å². The van der Waals surface area contributed by atoms with E-state index in [4.69, 9.17) is 0 Å². The molecule has 120 valence electrons. The molecule has 24 heavy (non-hydrogen) atoms. The van der Waals surface area contributed by atoms with Gasteiger partial charge in [0.1, 0.15) is 11.6 Å². The number of fused-ring (bicyclic) bond motifs is 1. The Morgan fingerprint density at radius 2 is 1.79 bits per heavy atom. The lowest BCUT2D eigenvalue weighted by Gasteiger charge is -2.07. The van der Waals surface area contributed by atoms with Crippen molar-refractivity contribution in [3.8, 4) is 11.4 Å². The molecule has 0 atom stereocenters. The first kappa shape index (κ1) is 14.4. The van der Waals surface area contributed by atoms with Crippen LogP contribution in [-0.2, 0) is 6.54 Å². The summed E-state index contributed by atoms with van der Waals surface area (Å²) in [7, 11) is 0. The molecule has 0 saturated carbocycles. The van der Waals surface area contributed by atoms with Gasteiger partial charge in [0.15, 0.2) is 11.5 Å². The molecule has 4 rings (SSSR count). The average Bonchev–Trinajstić information content (AvgIpc) is 3.25. The highest BCUT2D eigenvalue weighted by Crippen LogP contribution is 2.21. The van der Waals surface area contributed by atoms with Crippen LogP contribution in [-0.4, -0.2) is 30.9 Å². The second-order valence-corrected chi connectivity index (χ2v) is 5.34. The van der Waals surface area contributed by atoms with Gasteiger partial charge in [0, 0.05) is 25.5 Å². The summed E-state index contributed by atoms with van der Waals surface area (Å²) in [5.41, 5.74) is 0.950. The fourth-order valence-electron chi connectivity index (χ4n) is 2.53. The lowest BCUT2D eigenvalue weighted by molar-refractivity contribution is 0.629. The summed E-state index contributed by atoms with van der Waals surface area (Å²) in [5, 5.41) is 15.8. The minimum atomic E-state index is -0.348. The minimum Gasteiger partial charge on any atom is -0.367 e. The first-order valence-corrected chi connectivity index (χ1v) is 7.63. The summed E-state index contributed by atoms with van der Waals surface area (Å²) in [5.74, 6) is 0.726. The van der Waals surface area contributed by atoms with Crippen LogP contribution in [0.1, 0.15) is 0 Å². The van der Waals surface area contributed by atoms with Crippen molar-refractivity contribution in [3.05, 3.63) is 66.7 Å². The van der Waals surface area contributed by atoms with E-state index in [9.17, 15) is 4.39 Å². The highest BCUT2D eigenvalue weighted by atomic mass is 19.1. The Labute approximate surface area is 137 Å². The van der Waals surface area contributed by atoms with Crippen LogP contribution >= 0.6 is 0 Å². The predicted octanol–water partition coefficient (Wildman–Crippen LogP) is 2.84. The van der Waals surface area contributed by atoms with Gasteiger partial charge >= 0.3 is 0 Å². The highest BCUT2D eigenvalue weighted by Gasteiger charge is 2.13. The fraction of sp³-hybridized carbons (Fsp3) is 0.118. The third-order valence-electron chi connectivity index (χ3n) is 3.72. The van der Waals surface area contributed by atoms with Crippen molar-refractivity contribution in [1.82, 2.24) is 24.4 Å². The molecule has 0 radical (unpaired) electrons. The molecule has 1 aromatic carbocycles. The van der Waals surface area contributed by atoms with Crippen LogP contribution in [0.5, 0.6) is 0 Å². The third-order valence-corrected chi connectivity index (χ3v) is 3.72. The molecule has 3 aromatic heterocycles. The lowest BCUT2D eigenvalue weighted by Crippen LogP contribution is -2.11. The molecule has 0 unspecified atom stereocenters. The van der Waals surface area contributed by atoms with E-state index in [-0.39, 0.29) is 5.82 Å². The number of aromatic nitrogens is 5. The van der Waals surface area contributed by atoms with Crippen molar-refractivity contribution in [2.75, 3.05) is 11.9 Å². The molecule has 0 amide bonds. The number of anilines is 1. The number of halogens is 1. The normalized spacial score (nSPS) is 11.0. The van der Waals surface area contributed by atoms with Crippen LogP contribution in [0.25, 0.3) is 17.0 Å². The largest absolute Gasteiger partial charge is 0.367 e. The second kappa shape index (κ2) is 6.11. The molecule has 1 N–H and O–H groups in total. The van der Waals surface area contributed by atoms with Crippen LogP contribution in [0.4, 0.5) is 10.2 Å². The molecule has 3 heterocycles. The summed E-state index contributed by atoms with van der Waals surface area (Å²) in [6.07, 6.45) is 4.02. The lowest BCUT2D eigenvalue weighted by atomic mass is 10.2. The van der Waals surface area contributed by atoms with Gasteiger partial charge in [0.25, 0.3) is 0 Å². The van der Waals surface area contributed by atoms with E-state index >= 15 is 0 Å². The Kier molecular flexibility index (Phi) is 3.66. The average molecular weight is 322 g/mol. The maximum absolute atomic E-state index is 14.0. The van der Waals surface area contributed by atoms with Gasteiger partial charge in [-0.25, -0.2) is 4.39 Å². The number of nitrogens with one attached hydrogen (secondary N) is 1. The summed E-state index contributed by atoms with van der Waals surface area (Å²) in [6.45, 7) is 1.55. The van der Waals surface area contributed by atoms with Crippen LogP contribution < -0.4 is 5.32 Å². The Morgan fingerprint density at radius 3 is 2.62 bits per heavy atom. The van der Waals surface area contributed by atoms with Gasteiger partial charge in [0.2, 0.25) is 0 Å². The molecule has 0 saturated heterocycles. The summed E-state index contributed by atoms with van der Waals surface area (Å²) in [4.78, 5) is 0. The summed E-state index contributed by atoms with van der Waals surface area (Å²) < 4.78 is 17.6. The number of hydrogen-bond acceptors (Lipinski definition) is 4. The third kappa shape index (κ3) is 2.71. The topological polar surface area (TPSA) is 60.0 Å². The summed E-state index contributed by atoms with van der Waals surface area (Å²) >= 11 is 0. The van der Waals surface area contributed by atoms with Crippen LogP contribution in [0.15, 0.2) is 60.9 Å². The Balaban J connectivity index is 1.60. The van der Waals surface area contributed by atoms with Gasteiger partial charge in [0.05, 0.1) is 5.56 Å². The van der Waals surface area contributed by atoms with Crippen molar-refractivity contribution < 1.29 is 4.39 Å². The van der Waals surface area contributed by atoms with Crippen molar-refractivity contribution in [2.24, 2.45) is 0 Å². The molecule has 0 spiro atoms. The smallest absolute Gasteiger partial charge is 0.188 e. The van der Waals surface area contributed by atoms with Crippen molar-refractivity contribution in [3.63, 3.8) is 0 Å². The maximum Gasteiger partial charge on any atom is 0.188 e. The highest BCUT2D eigenvalue weighted by molar-refractivity contribution is 5.60. The Morgan fingerprint density at radius 1 is 0.958 bits per heavy atom. The first-order valence-electron chi connectivity index (χ1n) is 7.63. The number of rotatable bonds is 5. The zero-order valence-electron chi connectivity index (χ0n) is 12.8. The van der Waals surface area contributed by atoms with Gasteiger partial charge in [-0.1, -0.05) is 12.1 Å². The van der Waals surface area contributed by atoms with Gasteiger partial charge in [-0.2, -0.15) is 4.52 Å². The predicted molar refractivity (Wildman–Crippen MR) is 89.1 cm³/mol. The van der Waals surface area contributed by atoms with E-state index in [1.54, 1.807) is 22.7 Å². The quantitative estimate of drug-likeness (QED) is 0.614. The molecule has 0 fully saturated rings.